The Morgan fingerprint density at radius 2 is 1.90 bits per heavy atom. The zero-order valence-electron chi connectivity index (χ0n) is 16.9. The SMILES string of the molecule is CCCCCCOc1ccc(C(=O)NC(=S)NNC(=O)C2CCCCC2)cc1Br. The van der Waals surface area contributed by atoms with Crippen LogP contribution in [0, 0.1) is 5.92 Å². The van der Waals surface area contributed by atoms with Gasteiger partial charge in [0, 0.05) is 11.5 Å². The second-order valence-electron chi connectivity index (χ2n) is 7.29. The quantitative estimate of drug-likeness (QED) is 0.285. The summed E-state index contributed by atoms with van der Waals surface area (Å²) in [6.07, 6.45) is 9.68. The van der Waals surface area contributed by atoms with Crippen LogP contribution in [0.15, 0.2) is 22.7 Å². The van der Waals surface area contributed by atoms with E-state index in [1.54, 1.807) is 18.2 Å². The summed E-state index contributed by atoms with van der Waals surface area (Å²) in [4.78, 5) is 24.5. The van der Waals surface area contributed by atoms with Gasteiger partial charge in [0.25, 0.3) is 5.91 Å². The van der Waals surface area contributed by atoms with Crippen molar-refractivity contribution in [3.8, 4) is 5.75 Å². The molecule has 2 rings (SSSR count). The minimum Gasteiger partial charge on any atom is -0.492 e. The van der Waals surface area contributed by atoms with Crippen LogP contribution in [0.2, 0.25) is 0 Å². The van der Waals surface area contributed by atoms with Crippen LogP contribution in [0.1, 0.15) is 75.1 Å². The first-order valence-electron chi connectivity index (χ1n) is 10.3. The van der Waals surface area contributed by atoms with E-state index in [-0.39, 0.29) is 22.8 Å². The van der Waals surface area contributed by atoms with Gasteiger partial charge in [-0.15, -0.1) is 0 Å². The minimum absolute atomic E-state index is 0.0141. The molecule has 1 saturated carbocycles. The van der Waals surface area contributed by atoms with Crippen molar-refractivity contribution in [3.63, 3.8) is 0 Å². The van der Waals surface area contributed by atoms with Crippen molar-refractivity contribution < 1.29 is 14.3 Å². The van der Waals surface area contributed by atoms with Gasteiger partial charge in [-0.3, -0.25) is 25.8 Å². The van der Waals surface area contributed by atoms with Crippen LogP contribution in [0.25, 0.3) is 0 Å². The van der Waals surface area contributed by atoms with Crippen LogP contribution >= 0.6 is 28.1 Å². The van der Waals surface area contributed by atoms with E-state index in [0.717, 1.165) is 38.5 Å². The second kappa shape index (κ2) is 12.8. The zero-order valence-corrected chi connectivity index (χ0v) is 19.3. The van der Waals surface area contributed by atoms with Crippen molar-refractivity contribution in [3.05, 3.63) is 28.2 Å². The van der Waals surface area contributed by atoms with Crippen molar-refractivity contribution in [2.75, 3.05) is 6.61 Å². The highest BCUT2D eigenvalue weighted by Gasteiger charge is 2.21. The lowest BCUT2D eigenvalue weighted by Crippen LogP contribution is -2.50. The van der Waals surface area contributed by atoms with Crippen LogP contribution < -0.4 is 20.9 Å². The molecular formula is C21H30BrN3O3S. The average molecular weight is 484 g/mol. The monoisotopic (exact) mass is 483 g/mol. The first kappa shape index (κ1) is 23.6. The Morgan fingerprint density at radius 1 is 1.14 bits per heavy atom. The van der Waals surface area contributed by atoms with Crippen molar-refractivity contribution in [2.45, 2.75) is 64.7 Å². The van der Waals surface area contributed by atoms with E-state index in [1.807, 2.05) is 0 Å². The van der Waals surface area contributed by atoms with Crippen LogP contribution in [-0.2, 0) is 4.79 Å². The lowest BCUT2D eigenvalue weighted by Gasteiger charge is -2.21. The summed E-state index contributed by atoms with van der Waals surface area (Å²) in [6, 6.07) is 5.14. The molecule has 1 aromatic rings. The van der Waals surface area contributed by atoms with Gasteiger partial charge in [-0.1, -0.05) is 45.4 Å². The standard InChI is InChI=1S/C21H30BrN3O3S/c1-2-3-4-8-13-28-18-12-11-16(14-17(18)22)19(26)23-21(29)25-24-20(27)15-9-6-5-7-10-15/h11-12,14-15H,2-10,13H2,1H3,(H,24,27)(H2,23,25,26,29). The number of rotatable bonds is 8. The molecule has 0 atom stereocenters. The predicted molar refractivity (Wildman–Crippen MR) is 122 cm³/mol. The molecule has 0 radical (unpaired) electrons. The lowest BCUT2D eigenvalue weighted by atomic mass is 9.89. The summed E-state index contributed by atoms with van der Waals surface area (Å²) in [5, 5.41) is 2.63. The van der Waals surface area contributed by atoms with Gasteiger partial charge in [0.15, 0.2) is 5.11 Å². The van der Waals surface area contributed by atoms with Gasteiger partial charge in [0.1, 0.15) is 5.75 Å². The molecule has 0 heterocycles. The molecule has 6 nitrogen and oxygen atoms in total. The number of amides is 2. The number of thiocarbonyl (C=S) groups is 1. The number of carbonyl (C=O) groups excluding carboxylic acids is 2. The molecule has 1 fully saturated rings. The summed E-state index contributed by atoms with van der Waals surface area (Å²) in [7, 11) is 0. The summed E-state index contributed by atoms with van der Waals surface area (Å²) in [5.41, 5.74) is 5.65. The molecule has 0 spiro atoms. The van der Waals surface area contributed by atoms with Crippen molar-refractivity contribution in [2.24, 2.45) is 5.92 Å². The molecule has 1 aliphatic rings. The molecule has 160 valence electrons. The van der Waals surface area contributed by atoms with Gasteiger partial charge in [0.05, 0.1) is 11.1 Å². The highest BCUT2D eigenvalue weighted by Crippen LogP contribution is 2.26. The second-order valence-corrected chi connectivity index (χ2v) is 8.55. The molecule has 8 heteroatoms. The smallest absolute Gasteiger partial charge is 0.257 e. The molecule has 2 amide bonds. The van der Waals surface area contributed by atoms with E-state index >= 15 is 0 Å². The molecule has 3 N–H and O–H groups in total. The summed E-state index contributed by atoms with van der Waals surface area (Å²) >= 11 is 8.55. The summed E-state index contributed by atoms with van der Waals surface area (Å²) in [5.74, 6) is 0.285. The van der Waals surface area contributed by atoms with Crippen molar-refractivity contribution in [1.29, 1.82) is 0 Å². The van der Waals surface area contributed by atoms with Gasteiger partial charge < -0.3 is 4.74 Å². The van der Waals surface area contributed by atoms with E-state index in [0.29, 0.717) is 22.4 Å². The first-order chi connectivity index (χ1) is 14.0. The Morgan fingerprint density at radius 3 is 2.59 bits per heavy atom. The van der Waals surface area contributed by atoms with E-state index < -0.39 is 0 Å². The molecule has 1 aromatic carbocycles. The van der Waals surface area contributed by atoms with Crippen LogP contribution in [0.4, 0.5) is 0 Å². The summed E-state index contributed by atoms with van der Waals surface area (Å²) in [6.45, 7) is 2.83. The fourth-order valence-electron chi connectivity index (χ4n) is 3.26. The third-order valence-electron chi connectivity index (χ3n) is 4.95. The number of ether oxygens (including phenoxy) is 1. The third kappa shape index (κ3) is 8.30. The number of hydrogen-bond acceptors (Lipinski definition) is 4. The van der Waals surface area contributed by atoms with E-state index in [1.165, 1.54) is 19.3 Å². The van der Waals surface area contributed by atoms with E-state index in [9.17, 15) is 9.59 Å². The maximum Gasteiger partial charge on any atom is 0.257 e. The van der Waals surface area contributed by atoms with Crippen molar-refractivity contribution in [1.82, 2.24) is 16.2 Å². The largest absolute Gasteiger partial charge is 0.492 e. The number of benzene rings is 1. The fourth-order valence-corrected chi connectivity index (χ4v) is 3.90. The van der Waals surface area contributed by atoms with E-state index in [4.69, 9.17) is 17.0 Å². The molecule has 0 aliphatic heterocycles. The van der Waals surface area contributed by atoms with Gasteiger partial charge in [-0.05, 0) is 65.6 Å². The minimum atomic E-state index is -0.357. The number of unbranched alkanes of at least 4 members (excludes halogenated alkanes) is 3. The number of hydrogen-bond donors (Lipinski definition) is 3. The Labute approximate surface area is 186 Å². The third-order valence-corrected chi connectivity index (χ3v) is 5.78. The zero-order chi connectivity index (χ0) is 21.1. The van der Waals surface area contributed by atoms with Gasteiger partial charge >= 0.3 is 0 Å². The Bertz CT molecular complexity index is 708. The Hall–Kier alpha value is -1.67. The maximum atomic E-state index is 12.4. The molecule has 0 aromatic heterocycles. The lowest BCUT2D eigenvalue weighted by molar-refractivity contribution is -0.126. The maximum absolute atomic E-state index is 12.4. The van der Waals surface area contributed by atoms with E-state index in [2.05, 4.69) is 39.0 Å². The van der Waals surface area contributed by atoms with Crippen LogP contribution in [0.3, 0.4) is 0 Å². The van der Waals surface area contributed by atoms with Gasteiger partial charge in [0.2, 0.25) is 5.91 Å². The average Bonchev–Trinajstić information content (AvgIpc) is 2.73. The van der Waals surface area contributed by atoms with Gasteiger partial charge in [-0.25, -0.2) is 0 Å². The summed E-state index contributed by atoms with van der Waals surface area (Å²) < 4.78 is 6.47. The molecule has 1 aliphatic carbocycles. The number of halogens is 1. The number of nitrogens with one attached hydrogen (secondary N) is 3. The molecule has 0 unspecified atom stereocenters. The number of carbonyl (C=O) groups is 2. The fraction of sp³-hybridized carbons (Fsp3) is 0.571. The predicted octanol–water partition coefficient (Wildman–Crippen LogP) is 4.62. The highest BCUT2D eigenvalue weighted by atomic mass is 79.9. The topological polar surface area (TPSA) is 79.5 Å². The van der Waals surface area contributed by atoms with Crippen molar-refractivity contribution >= 4 is 45.1 Å². The molecular weight excluding hydrogens is 454 g/mol. The normalized spacial score (nSPS) is 14.1. The van der Waals surface area contributed by atoms with Crippen LogP contribution in [0.5, 0.6) is 5.75 Å². The molecule has 29 heavy (non-hydrogen) atoms. The van der Waals surface area contributed by atoms with Gasteiger partial charge in [-0.2, -0.15) is 0 Å². The Kier molecular flexibility index (Phi) is 10.4. The molecule has 0 saturated heterocycles. The first-order valence-corrected chi connectivity index (χ1v) is 11.5. The number of hydrazine groups is 1. The van der Waals surface area contributed by atoms with Crippen LogP contribution in [-0.4, -0.2) is 23.5 Å². The highest BCUT2D eigenvalue weighted by molar-refractivity contribution is 9.10. The Balaban J connectivity index is 1.76. The molecule has 0 bridgehead atoms.